The van der Waals surface area contributed by atoms with Gasteiger partial charge in [0.2, 0.25) is 5.69 Å². The van der Waals surface area contributed by atoms with Crippen LogP contribution < -0.4 is 5.32 Å². The molecule has 0 radical (unpaired) electrons. The molecule has 0 aliphatic rings. The third-order valence-electron chi connectivity index (χ3n) is 3.88. The number of nitro groups is 1. The van der Waals surface area contributed by atoms with Crippen molar-refractivity contribution in [1.29, 1.82) is 0 Å². The highest BCUT2D eigenvalue weighted by Crippen LogP contribution is 2.21. The SMILES string of the molecule is CCn1cc([N+](=O)[O-])c(C(=O)Nc2ccn(Cc3c(F)c(F)cc(F)c3F)n2)n1. The largest absolute Gasteiger partial charge is 0.320 e. The Balaban J connectivity index is 1.81. The van der Waals surface area contributed by atoms with Gasteiger partial charge in [-0.25, -0.2) is 17.6 Å². The quantitative estimate of drug-likeness (QED) is 0.290. The molecule has 9 nitrogen and oxygen atoms in total. The summed E-state index contributed by atoms with van der Waals surface area (Å²) in [5, 5.41) is 20.9. The Kier molecular flexibility index (Phi) is 5.30. The van der Waals surface area contributed by atoms with Gasteiger partial charge in [0.15, 0.2) is 29.1 Å². The molecule has 0 unspecified atom stereocenters. The van der Waals surface area contributed by atoms with Gasteiger partial charge in [-0.3, -0.25) is 24.3 Å². The number of halogens is 4. The molecule has 2 aromatic heterocycles. The lowest BCUT2D eigenvalue weighted by Crippen LogP contribution is -2.16. The number of nitrogens with zero attached hydrogens (tertiary/aromatic N) is 5. The molecule has 0 saturated carbocycles. The summed E-state index contributed by atoms with van der Waals surface area (Å²) in [5.41, 5.74) is -1.85. The van der Waals surface area contributed by atoms with Crippen LogP contribution in [0.3, 0.4) is 0 Å². The summed E-state index contributed by atoms with van der Waals surface area (Å²) in [7, 11) is 0. The number of amides is 1. The van der Waals surface area contributed by atoms with Gasteiger partial charge in [0.1, 0.15) is 6.20 Å². The van der Waals surface area contributed by atoms with E-state index in [0.29, 0.717) is 6.54 Å². The molecule has 3 rings (SSSR count). The summed E-state index contributed by atoms with van der Waals surface area (Å²) < 4.78 is 56.2. The first-order chi connectivity index (χ1) is 13.7. The van der Waals surface area contributed by atoms with Crippen LogP contribution in [0.25, 0.3) is 0 Å². The van der Waals surface area contributed by atoms with Crippen LogP contribution >= 0.6 is 0 Å². The molecular weight excluding hydrogens is 400 g/mol. The Morgan fingerprint density at radius 2 is 1.83 bits per heavy atom. The third-order valence-corrected chi connectivity index (χ3v) is 3.88. The zero-order chi connectivity index (χ0) is 21.3. The number of hydrogen-bond acceptors (Lipinski definition) is 5. The Labute approximate surface area is 159 Å². The number of aryl methyl sites for hydroxylation is 1. The van der Waals surface area contributed by atoms with Crippen LogP contribution in [0, 0.1) is 33.4 Å². The Hall–Kier alpha value is -3.77. The fourth-order valence-corrected chi connectivity index (χ4v) is 2.48. The van der Waals surface area contributed by atoms with Crippen molar-refractivity contribution in [2.24, 2.45) is 0 Å². The van der Waals surface area contributed by atoms with Gasteiger partial charge in [-0.05, 0) is 6.92 Å². The second-order valence-corrected chi connectivity index (χ2v) is 5.78. The molecule has 0 aliphatic carbocycles. The van der Waals surface area contributed by atoms with Crippen LogP contribution in [0.2, 0.25) is 0 Å². The summed E-state index contributed by atoms with van der Waals surface area (Å²) in [6.45, 7) is 1.31. The van der Waals surface area contributed by atoms with E-state index >= 15 is 0 Å². The second-order valence-electron chi connectivity index (χ2n) is 5.78. The maximum atomic E-state index is 13.8. The minimum atomic E-state index is -1.56. The van der Waals surface area contributed by atoms with Crippen molar-refractivity contribution in [3.05, 3.63) is 69.2 Å². The number of benzene rings is 1. The van der Waals surface area contributed by atoms with Crippen LogP contribution in [0.1, 0.15) is 23.0 Å². The highest BCUT2D eigenvalue weighted by Gasteiger charge is 2.26. The molecule has 1 aromatic carbocycles. The van der Waals surface area contributed by atoms with Crippen molar-refractivity contribution >= 4 is 17.4 Å². The fourth-order valence-electron chi connectivity index (χ4n) is 2.48. The van der Waals surface area contributed by atoms with Gasteiger partial charge in [-0.1, -0.05) is 0 Å². The van der Waals surface area contributed by atoms with Crippen LogP contribution in [0.15, 0.2) is 24.5 Å². The zero-order valence-electron chi connectivity index (χ0n) is 14.7. The first-order valence-corrected chi connectivity index (χ1v) is 8.09. The molecule has 0 saturated heterocycles. The number of hydrogen-bond donors (Lipinski definition) is 1. The highest BCUT2D eigenvalue weighted by molar-refractivity contribution is 6.05. The topological polar surface area (TPSA) is 108 Å². The smallest absolute Gasteiger partial charge is 0.303 e. The van der Waals surface area contributed by atoms with E-state index in [1.165, 1.54) is 16.9 Å². The van der Waals surface area contributed by atoms with Gasteiger partial charge in [-0.15, -0.1) is 0 Å². The molecule has 0 bridgehead atoms. The molecule has 3 aromatic rings. The lowest BCUT2D eigenvalue weighted by atomic mass is 10.2. The average molecular weight is 412 g/mol. The van der Waals surface area contributed by atoms with Crippen molar-refractivity contribution in [3.8, 4) is 0 Å². The first-order valence-electron chi connectivity index (χ1n) is 8.09. The Morgan fingerprint density at radius 3 is 2.41 bits per heavy atom. The molecule has 2 heterocycles. The van der Waals surface area contributed by atoms with E-state index in [1.807, 2.05) is 0 Å². The minimum absolute atomic E-state index is 0.0885. The Morgan fingerprint density at radius 1 is 1.17 bits per heavy atom. The van der Waals surface area contributed by atoms with Crippen LogP contribution in [-0.2, 0) is 13.1 Å². The van der Waals surface area contributed by atoms with Gasteiger partial charge in [0, 0.05) is 24.9 Å². The lowest BCUT2D eigenvalue weighted by molar-refractivity contribution is -0.385. The standard InChI is InChI=1S/C16H12F4N6O3/c1-2-24-7-11(26(28)29)15(23-24)16(27)21-12-3-4-25(22-12)6-8-13(19)9(17)5-10(18)14(8)20/h3-5,7H,2,6H2,1H3,(H,21,22,27). The molecule has 152 valence electrons. The maximum Gasteiger partial charge on any atom is 0.320 e. The zero-order valence-corrected chi connectivity index (χ0v) is 14.7. The van der Waals surface area contributed by atoms with Gasteiger partial charge < -0.3 is 5.32 Å². The Bertz CT molecular complexity index is 1080. The van der Waals surface area contributed by atoms with Crippen molar-refractivity contribution < 1.29 is 27.3 Å². The van der Waals surface area contributed by atoms with E-state index in [-0.39, 0.29) is 11.9 Å². The van der Waals surface area contributed by atoms with Gasteiger partial charge in [0.25, 0.3) is 5.91 Å². The fraction of sp³-hybridized carbons (Fsp3) is 0.188. The molecule has 0 aliphatic heterocycles. The molecule has 13 heteroatoms. The van der Waals surface area contributed by atoms with E-state index in [2.05, 4.69) is 15.5 Å². The summed E-state index contributed by atoms with van der Waals surface area (Å²) in [6, 6.07) is 1.32. The van der Waals surface area contributed by atoms with Crippen LogP contribution in [0.4, 0.5) is 29.1 Å². The summed E-state index contributed by atoms with van der Waals surface area (Å²) in [6.07, 6.45) is 2.29. The van der Waals surface area contributed by atoms with E-state index in [0.717, 1.165) is 10.9 Å². The van der Waals surface area contributed by atoms with Crippen molar-refractivity contribution in [3.63, 3.8) is 0 Å². The van der Waals surface area contributed by atoms with E-state index < -0.39 is 57.6 Å². The predicted molar refractivity (Wildman–Crippen MR) is 90.1 cm³/mol. The first kappa shape index (κ1) is 20.0. The number of carbonyl (C=O) groups is 1. The van der Waals surface area contributed by atoms with Gasteiger partial charge in [-0.2, -0.15) is 10.2 Å². The third kappa shape index (κ3) is 3.93. The molecular formula is C16H12F4N6O3. The molecule has 0 fully saturated rings. The highest BCUT2D eigenvalue weighted by atomic mass is 19.2. The van der Waals surface area contributed by atoms with E-state index in [4.69, 9.17) is 0 Å². The monoisotopic (exact) mass is 412 g/mol. The number of rotatable bonds is 6. The number of anilines is 1. The van der Waals surface area contributed by atoms with E-state index in [9.17, 15) is 32.5 Å². The molecule has 1 amide bonds. The average Bonchev–Trinajstić information content (AvgIpc) is 3.30. The minimum Gasteiger partial charge on any atom is -0.303 e. The number of aromatic nitrogens is 4. The van der Waals surface area contributed by atoms with Gasteiger partial charge >= 0.3 is 5.69 Å². The number of nitrogens with one attached hydrogen (secondary N) is 1. The normalized spacial score (nSPS) is 10.9. The lowest BCUT2D eigenvalue weighted by Gasteiger charge is -2.07. The number of carbonyl (C=O) groups excluding carboxylic acids is 1. The molecule has 29 heavy (non-hydrogen) atoms. The van der Waals surface area contributed by atoms with Crippen molar-refractivity contribution in [2.45, 2.75) is 20.0 Å². The van der Waals surface area contributed by atoms with Crippen LogP contribution in [-0.4, -0.2) is 30.4 Å². The molecule has 0 atom stereocenters. The molecule has 1 N–H and O–H groups in total. The predicted octanol–water partition coefficient (Wildman–Crippen LogP) is 2.86. The second kappa shape index (κ2) is 7.69. The van der Waals surface area contributed by atoms with Crippen molar-refractivity contribution in [2.75, 3.05) is 5.32 Å². The maximum absolute atomic E-state index is 13.8. The van der Waals surface area contributed by atoms with E-state index in [1.54, 1.807) is 6.92 Å². The van der Waals surface area contributed by atoms with Crippen LogP contribution in [0.5, 0.6) is 0 Å². The van der Waals surface area contributed by atoms with Crippen molar-refractivity contribution in [1.82, 2.24) is 19.6 Å². The summed E-state index contributed by atoms with van der Waals surface area (Å²) in [4.78, 5) is 22.6. The summed E-state index contributed by atoms with van der Waals surface area (Å²) in [5.74, 6) is -7.29. The van der Waals surface area contributed by atoms with Gasteiger partial charge in [0.05, 0.1) is 17.0 Å². The molecule has 0 spiro atoms. The summed E-state index contributed by atoms with van der Waals surface area (Å²) >= 11 is 0.